The summed E-state index contributed by atoms with van der Waals surface area (Å²) < 4.78 is 32.1. The first kappa shape index (κ1) is 14.1. The number of nitrogens with zero attached hydrogens (tertiary/aromatic N) is 3. The lowest BCUT2D eigenvalue weighted by Gasteiger charge is -2.06. The Morgan fingerprint density at radius 3 is 2.60 bits per heavy atom. The van der Waals surface area contributed by atoms with Gasteiger partial charge in [0.05, 0.1) is 11.6 Å². The summed E-state index contributed by atoms with van der Waals surface area (Å²) in [5, 5.41) is 15.1. The summed E-state index contributed by atoms with van der Waals surface area (Å²) in [7, 11) is 0. The fourth-order valence-electron chi connectivity index (χ4n) is 1.69. The molecule has 0 saturated heterocycles. The molecule has 7 heteroatoms. The minimum absolute atomic E-state index is 0.0243. The molecule has 0 saturated carbocycles. The molecule has 0 atom stereocenters. The molecule has 0 radical (unpaired) electrons. The van der Waals surface area contributed by atoms with Gasteiger partial charge in [-0.1, -0.05) is 5.16 Å². The number of nitriles is 1. The van der Waals surface area contributed by atoms with Crippen LogP contribution in [0, 0.1) is 29.9 Å². The van der Waals surface area contributed by atoms with Gasteiger partial charge in [-0.2, -0.15) is 10.2 Å². The number of halogens is 2. The van der Waals surface area contributed by atoms with E-state index in [2.05, 4.69) is 15.5 Å². The second-order valence-corrected chi connectivity index (χ2v) is 4.19. The zero-order valence-electron chi connectivity index (χ0n) is 10.8. The van der Waals surface area contributed by atoms with Crippen LogP contribution in [0.2, 0.25) is 0 Å². The zero-order chi connectivity index (χ0) is 14.5. The van der Waals surface area contributed by atoms with Gasteiger partial charge >= 0.3 is 0 Å². The number of hydrogen-bond donors (Lipinski definition) is 1. The Labute approximate surface area is 114 Å². The number of aryl methyl sites for hydroxylation is 1. The van der Waals surface area contributed by atoms with E-state index in [-0.39, 0.29) is 17.7 Å². The smallest absolute Gasteiger partial charge is 0.227 e. The third-order valence-corrected chi connectivity index (χ3v) is 2.66. The van der Waals surface area contributed by atoms with Crippen LogP contribution in [0.25, 0.3) is 0 Å². The second kappa shape index (κ2) is 6.21. The predicted molar refractivity (Wildman–Crippen MR) is 65.5 cm³/mol. The van der Waals surface area contributed by atoms with Crippen LogP contribution in [0.5, 0.6) is 0 Å². The van der Waals surface area contributed by atoms with Crippen molar-refractivity contribution < 1.29 is 13.3 Å². The quantitative estimate of drug-likeness (QED) is 0.845. The van der Waals surface area contributed by atoms with Crippen LogP contribution in [-0.4, -0.2) is 16.7 Å². The fourth-order valence-corrected chi connectivity index (χ4v) is 1.69. The van der Waals surface area contributed by atoms with Crippen molar-refractivity contribution >= 4 is 0 Å². The summed E-state index contributed by atoms with van der Waals surface area (Å²) in [6.07, 6.45) is 0.473. The summed E-state index contributed by atoms with van der Waals surface area (Å²) in [6, 6.07) is 3.73. The number of hydrogen-bond acceptors (Lipinski definition) is 5. The lowest BCUT2D eigenvalue weighted by Crippen LogP contribution is -2.18. The van der Waals surface area contributed by atoms with Crippen molar-refractivity contribution in [2.75, 3.05) is 6.54 Å². The van der Waals surface area contributed by atoms with E-state index in [1.165, 1.54) is 0 Å². The lowest BCUT2D eigenvalue weighted by molar-refractivity contribution is 0.372. The highest BCUT2D eigenvalue weighted by Crippen LogP contribution is 2.14. The molecule has 0 bridgehead atoms. The molecule has 0 aliphatic rings. The molecule has 0 unspecified atom stereocenters. The Kier molecular flexibility index (Phi) is 4.38. The predicted octanol–water partition coefficient (Wildman–Crippen LogP) is 1.86. The molecular formula is C13H12F2N4O. The molecular weight excluding hydrogens is 266 g/mol. The van der Waals surface area contributed by atoms with E-state index < -0.39 is 11.6 Å². The Morgan fingerprint density at radius 2 is 2.05 bits per heavy atom. The molecule has 0 aliphatic heterocycles. The van der Waals surface area contributed by atoms with E-state index in [1.54, 1.807) is 13.0 Å². The molecule has 20 heavy (non-hydrogen) atoms. The summed E-state index contributed by atoms with van der Waals surface area (Å²) in [5.41, 5.74) is -0.129. The third-order valence-electron chi connectivity index (χ3n) is 2.66. The van der Waals surface area contributed by atoms with Crippen molar-refractivity contribution in [3.05, 3.63) is 46.6 Å². The van der Waals surface area contributed by atoms with Gasteiger partial charge in [0, 0.05) is 25.1 Å². The highest BCUT2D eigenvalue weighted by atomic mass is 19.1. The largest absolute Gasteiger partial charge is 0.339 e. The highest BCUT2D eigenvalue weighted by Gasteiger charge is 2.11. The van der Waals surface area contributed by atoms with Crippen molar-refractivity contribution in [3.8, 4) is 6.07 Å². The van der Waals surface area contributed by atoms with Crippen molar-refractivity contribution in [2.45, 2.75) is 19.9 Å². The first-order chi connectivity index (χ1) is 9.60. The van der Waals surface area contributed by atoms with Gasteiger partial charge in [-0.3, -0.25) is 0 Å². The molecule has 1 aromatic carbocycles. The molecule has 1 N–H and O–H groups in total. The van der Waals surface area contributed by atoms with Crippen molar-refractivity contribution in [1.82, 2.24) is 15.5 Å². The van der Waals surface area contributed by atoms with E-state index in [0.29, 0.717) is 24.7 Å². The summed E-state index contributed by atoms with van der Waals surface area (Å²) >= 11 is 0. The van der Waals surface area contributed by atoms with E-state index in [1.807, 2.05) is 0 Å². The maximum absolute atomic E-state index is 13.6. The van der Waals surface area contributed by atoms with Gasteiger partial charge in [-0.15, -0.1) is 0 Å². The third kappa shape index (κ3) is 3.36. The van der Waals surface area contributed by atoms with E-state index in [4.69, 9.17) is 9.78 Å². The summed E-state index contributed by atoms with van der Waals surface area (Å²) in [6.45, 7) is 2.18. The van der Waals surface area contributed by atoms with Crippen LogP contribution < -0.4 is 5.32 Å². The van der Waals surface area contributed by atoms with Crippen LogP contribution in [0.15, 0.2) is 16.7 Å². The van der Waals surface area contributed by atoms with Gasteiger partial charge in [0.25, 0.3) is 0 Å². The fraction of sp³-hybridized carbons (Fsp3) is 0.308. The minimum atomic E-state index is -0.734. The van der Waals surface area contributed by atoms with Crippen LogP contribution >= 0.6 is 0 Å². The molecule has 0 amide bonds. The van der Waals surface area contributed by atoms with Crippen molar-refractivity contribution in [2.24, 2.45) is 0 Å². The molecule has 0 fully saturated rings. The molecule has 104 valence electrons. The number of benzene rings is 1. The molecule has 2 aromatic rings. The molecule has 5 nitrogen and oxygen atoms in total. The molecule has 1 heterocycles. The Morgan fingerprint density at radius 1 is 1.35 bits per heavy atom. The molecule has 0 aliphatic carbocycles. The van der Waals surface area contributed by atoms with E-state index in [9.17, 15) is 8.78 Å². The van der Waals surface area contributed by atoms with Gasteiger partial charge in [0.1, 0.15) is 11.6 Å². The molecule has 0 spiro atoms. The SMILES string of the molecule is Cc1noc(CCNCc2c(F)cc(C#N)cc2F)n1. The number of aromatic nitrogens is 2. The van der Waals surface area contributed by atoms with Gasteiger partial charge < -0.3 is 9.84 Å². The molecule has 2 rings (SSSR count). The Bertz CT molecular complexity index is 625. The summed E-state index contributed by atoms with van der Waals surface area (Å²) in [4.78, 5) is 4.01. The lowest BCUT2D eigenvalue weighted by atomic mass is 10.1. The van der Waals surface area contributed by atoms with Gasteiger partial charge in [-0.25, -0.2) is 8.78 Å². The van der Waals surface area contributed by atoms with Gasteiger partial charge in [-0.05, 0) is 19.1 Å². The standard InChI is InChI=1S/C13H12F2N4O/c1-8-18-13(20-19-8)2-3-17-7-10-11(14)4-9(6-16)5-12(10)15/h4-5,17H,2-3,7H2,1H3. The van der Waals surface area contributed by atoms with Crippen molar-refractivity contribution in [3.63, 3.8) is 0 Å². The average Bonchev–Trinajstić information content (AvgIpc) is 2.82. The van der Waals surface area contributed by atoms with Crippen LogP contribution in [0.1, 0.15) is 22.8 Å². The Balaban J connectivity index is 1.90. The first-order valence-corrected chi connectivity index (χ1v) is 5.98. The van der Waals surface area contributed by atoms with E-state index >= 15 is 0 Å². The summed E-state index contributed by atoms with van der Waals surface area (Å²) in [5.74, 6) is -0.453. The van der Waals surface area contributed by atoms with Crippen LogP contribution in [0.3, 0.4) is 0 Å². The normalized spacial score (nSPS) is 10.5. The number of rotatable bonds is 5. The highest BCUT2D eigenvalue weighted by molar-refractivity contribution is 5.34. The monoisotopic (exact) mass is 278 g/mol. The second-order valence-electron chi connectivity index (χ2n) is 4.19. The van der Waals surface area contributed by atoms with E-state index in [0.717, 1.165) is 12.1 Å². The van der Waals surface area contributed by atoms with Crippen LogP contribution in [-0.2, 0) is 13.0 Å². The minimum Gasteiger partial charge on any atom is -0.339 e. The van der Waals surface area contributed by atoms with Crippen LogP contribution in [0.4, 0.5) is 8.78 Å². The number of nitrogens with one attached hydrogen (secondary N) is 1. The maximum atomic E-state index is 13.6. The van der Waals surface area contributed by atoms with Gasteiger partial charge in [0.15, 0.2) is 5.82 Å². The molecule has 1 aromatic heterocycles. The average molecular weight is 278 g/mol. The Hall–Kier alpha value is -2.33. The zero-order valence-corrected chi connectivity index (χ0v) is 10.8. The van der Waals surface area contributed by atoms with Gasteiger partial charge in [0.2, 0.25) is 5.89 Å². The maximum Gasteiger partial charge on any atom is 0.227 e. The van der Waals surface area contributed by atoms with Crippen molar-refractivity contribution in [1.29, 1.82) is 5.26 Å². The topological polar surface area (TPSA) is 74.7 Å². The first-order valence-electron chi connectivity index (χ1n) is 5.98.